The van der Waals surface area contributed by atoms with Gasteiger partial charge >= 0.3 is 5.97 Å². The number of pyridine rings is 1. The first-order chi connectivity index (χ1) is 35.0. The van der Waals surface area contributed by atoms with Crippen LogP contribution < -0.4 is 20.9 Å². The Morgan fingerprint density at radius 2 is 1.58 bits per heavy atom. The Hall–Kier alpha value is -6.54. The number of rotatable bonds is 10. The van der Waals surface area contributed by atoms with Gasteiger partial charge in [0.2, 0.25) is 29.5 Å². The summed E-state index contributed by atoms with van der Waals surface area (Å²) < 4.78 is 5.97. The summed E-state index contributed by atoms with van der Waals surface area (Å²) >= 11 is 1.73. The van der Waals surface area contributed by atoms with Gasteiger partial charge in [-0.05, 0) is 93.4 Å². The van der Waals surface area contributed by atoms with E-state index < -0.39 is 101 Å². The second kappa shape index (κ2) is 23.1. The average molecular weight is 1020 g/mol. The topological polar surface area (TPSA) is 231 Å². The number of likely N-dealkylation sites (N-methyl/N-ethyl adjacent to an activating group) is 1. The molecule has 4 N–H and O–H groups in total. The molecular weight excluding hydrogens is 955 g/mol. The van der Waals surface area contributed by atoms with Crippen LogP contribution in [0.1, 0.15) is 80.0 Å². The molecule has 1 unspecified atom stereocenters. The zero-order valence-corrected chi connectivity index (χ0v) is 42.9. The molecule has 2 bridgehead atoms. The van der Waals surface area contributed by atoms with Gasteiger partial charge in [0.05, 0.1) is 0 Å². The number of piperidine rings is 4. The van der Waals surface area contributed by atoms with E-state index in [1.807, 2.05) is 43.3 Å². The highest BCUT2D eigenvalue weighted by Gasteiger charge is 2.48. The molecule has 9 atom stereocenters. The number of Topliss-reactive ketones (excluding diaryl/α,β-unsaturated/α-hetero) is 1. The largest absolute Gasteiger partial charge is 0.505 e. The number of carbonyl (C=O) groups excluding carboxylic acids is 8. The Labute approximate surface area is 430 Å². The molecule has 6 aliphatic heterocycles. The van der Waals surface area contributed by atoms with Crippen molar-refractivity contribution in [1.82, 2.24) is 40.5 Å². The third-order valence-corrected chi connectivity index (χ3v) is 16.7. The zero-order valence-electron chi connectivity index (χ0n) is 42.1. The third kappa shape index (κ3) is 11.8. The summed E-state index contributed by atoms with van der Waals surface area (Å²) in [4.78, 5) is 130. The van der Waals surface area contributed by atoms with Crippen molar-refractivity contribution in [2.75, 3.05) is 64.5 Å². The summed E-state index contributed by atoms with van der Waals surface area (Å²) in [6, 6.07) is 10.3. The number of benzene rings is 2. The van der Waals surface area contributed by atoms with E-state index in [9.17, 15) is 29.1 Å². The standard InChI is InChI=1S/C53H67N9O10S/c1-6-37-50(68)61-23-11-14-38(61)51(69)59(5)40(26-32-16-18-36(19-17-32)58(3)4)52(70)62-28-35(30-73-43-29-60-24-20-33(43)21-25-60)42(64)27-39(62)47(65)57-45(34-12-8-7-9-13-34)53(71)72-31(2)44(48(66)55-37)56-49(67)46-41(63)15-10-22-54-46/h7-10,12-13,15-19,22,31,33,35,37-40,43-45,63H,6,11,14,20-21,23-30H2,1-5H3,(H,55,66)(H,56,67)(H,57,65)/t31-,35+,37-,38+,39+,40+,43?,44+,45+/m1/s1. The van der Waals surface area contributed by atoms with Crippen LogP contribution in [0.2, 0.25) is 0 Å². The fourth-order valence-electron chi connectivity index (χ4n) is 10.8. The van der Waals surface area contributed by atoms with E-state index in [-0.39, 0.29) is 50.1 Å². The lowest BCUT2D eigenvalue weighted by atomic mass is 9.88. The van der Waals surface area contributed by atoms with Crippen molar-refractivity contribution in [3.63, 3.8) is 0 Å². The molecular formula is C53H67N9O10S. The van der Waals surface area contributed by atoms with Gasteiger partial charge in [0.15, 0.2) is 11.7 Å². The number of carbonyl (C=O) groups is 8. The summed E-state index contributed by atoms with van der Waals surface area (Å²) in [7, 11) is 5.33. The first-order valence-corrected chi connectivity index (χ1v) is 26.4. The number of hydrogen-bond donors (Lipinski definition) is 4. The monoisotopic (exact) mass is 1020 g/mol. The number of aromatic hydroxyl groups is 1. The van der Waals surface area contributed by atoms with Crippen LogP contribution >= 0.6 is 11.8 Å². The van der Waals surface area contributed by atoms with Crippen LogP contribution in [0.25, 0.3) is 0 Å². The molecule has 9 rings (SSSR count). The fraction of sp³-hybridized carbons (Fsp3) is 0.528. The van der Waals surface area contributed by atoms with Crippen LogP contribution in [0, 0.1) is 11.8 Å². The molecule has 1 aromatic heterocycles. The van der Waals surface area contributed by atoms with Gasteiger partial charge in [-0.3, -0.25) is 33.6 Å². The van der Waals surface area contributed by atoms with Gasteiger partial charge in [-0.1, -0.05) is 49.4 Å². The molecule has 390 valence electrons. The van der Waals surface area contributed by atoms with Crippen LogP contribution in [0.4, 0.5) is 5.69 Å². The van der Waals surface area contributed by atoms with Crippen LogP contribution in [0.15, 0.2) is 72.9 Å². The van der Waals surface area contributed by atoms with Gasteiger partial charge in [-0.2, -0.15) is 11.8 Å². The Balaban J connectivity index is 1.19. The molecule has 20 heteroatoms. The summed E-state index contributed by atoms with van der Waals surface area (Å²) in [5.74, 6) is -5.83. The predicted octanol–water partition coefficient (Wildman–Crippen LogP) is 2.32. The van der Waals surface area contributed by atoms with Crippen molar-refractivity contribution < 1.29 is 48.2 Å². The van der Waals surface area contributed by atoms with Gasteiger partial charge in [0.25, 0.3) is 5.91 Å². The minimum absolute atomic E-state index is 0.0289. The third-order valence-electron chi connectivity index (χ3n) is 15.2. The van der Waals surface area contributed by atoms with Crippen molar-refractivity contribution in [1.29, 1.82) is 0 Å². The van der Waals surface area contributed by atoms with Gasteiger partial charge < -0.3 is 50.3 Å². The van der Waals surface area contributed by atoms with E-state index in [4.69, 9.17) is 4.74 Å². The molecule has 6 fully saturated rings. The SMILES string of the molecule is CC[C@H]1NC(=O)[C@@H](NC(=O)c2ncccc2O)[C@@H](C)OC(=O)[C@H](c2ccccc2)NC(=O)[C@@H]2CC(=O)[C@H](CSC3CN4CCC3CC4)CN2C(=O)[C@H](Cc2ccc(N(C)C)cc2)N(C)C(=O)[C@@H]2CCCN2C1=O. The number of ether oxygens (including phenoxy) is 1. The number of esters is 1. The summed E-state index contributed by atoms with van der Waals surface area (Å²) in [5, 5.41) is 18.8. The molecule has 2 aromatic carbocycles. The Bertz CT molecular complexity index is 2540. The Morgan fingerprint density at radius 3 is 2.23 bits per heavy atom. The molecule has 6 amide bonds. The molecule has 6 aliphatic rings. The second-order valence-corrected chi connectivity index (χ2v) is 21.4. The number of aromatic nitrogens is 1. The molecule has 0 aliphatic carbocycles. The van der Waals surface area contributed by atoms with Gasteiger partial charge in [0.1, 0.15) is 47.8 Å². The second-order valence-electron chi connectivity index (χ2n) is 20.1. The number of nitrogens with one attached hydrogen (secondary N) is 3. The lowest BCUT2D eigenvalue weighted by Gasteiger charge is -2.45. The number of ketones is 1. The van der Waals surface area contributed by atoms with Crippen LogP contribution in [-0.4, -0.2) is 178 Å². The molecule has 6 saturated heterocycles. The van der Waals surface area contributed by atoms with Crippen molar-refractivity contribution in [3.05, 3.63) is 89.7 Å². The van der Waals surface area contributed by atoms with E-state index in [1.54, 1.807) is 49.0 Å². The average Bonchev–Trinajstić information content (AvgIpc) is 3.89. The van der Waals surface area contributed by atoms with Gasteiger partial charge in [-0.25, -0.2) is 9.78 Å². The number of thioether (sulfide) groups is 1. The fourth-order valence-corrected chi connectivity index (χ4v) is 12.4. The number of hydrogen-bond acceptors (Lipinski definition) is 14. The number of fused-ring (bicyclic) bond motifs is 5. The number of amides is 6. The Kier molecular flexibility index (Phi) is 16.7. The zero-order chi connectivity index (χ0) is 52.1. The molecule has 0 saturated carbocycles. The lowest BCUT2D eigenvalue weighted by molar-refractivity contribution is -0.157. The minimum atomic E-state index is -1.69. The molecule has 3 aromatic rings. The maximum absolute atomic E-state index is 15.7. The number of cyclic esters (lactones) is 1. The lowest BCUT2D eigenvalue weighted by Crippen LogP contribution is -2.63. The normalized spacial score (nSPS) is 29.5. The molecule has 73 heavy (non-hydrogen) atoms. The smallest absolute Gasteiger partial charge is 0.333 e. The highest BCUT2D eigenvalue weighted by molar-refractivity contribution is 8.00. The highest BCUT2D eigenvalue weighted by Crippen LogP contribution is 2.37. The molecule has 7 heterocycles. The maximum atomic E-state index is 15.7. The van der Waals surface area contributed by atoms with Crippen LogP contribution in [0.3, 0.4) is 0 Å². The number of nitrogens with zero attached hydrogens (tertiary/aromatic N) is 6. The van der Waals surface area contributed by atoms with Gasteiger partial charge in [-0.15, -0.1) is 0 Å². The van der Waals surface area contributed by atoms with Crippen LogP contribution in [0.5, 0.6) is 5.75 Å². The maximum Gasteiger partial charge on any atom is 0.333 e. The first kappa shape index (κ1) is 52.8. The quantitative estimate of drug-likeness (QED) is 0.214. The van der Waals surface area contributed by atoms with E-state index in [0.717, 1.165) is 43.7 Å². The first-order valence-electron chi connectivity index (χ1n) is 25.3. The van der Waals surface area contributed by atoms with Crippen molar-refractivity contribution in [2.45, 2.75) is 106 Å². The van der Waals surface area contributed by atoms with Crippen LogP contribution in [-0.2, 0) is 44.7 Å². The van der Waals surface area contributed by atoms with E-state index in [2.05, 4.69) is 25.8 Å². The van der Waals surface area contributed by atoms with Gasteiger partial charge in [0, 0.05) is 82.4 Å². The van der Waals surface area contributed by atoms with Crippen molar-refractivity contribution in [2.24, 2.45) is 11.8 Å². The van der Waals surface area contributed by atoms with Crippen molar-refractivity contribution in [3.8, 4) is 5.75 Å². The molecule has 0 radical (unpaired) electrons. The van der Waals surface area contributed by atoms with E-state index in [1.165, 1.54) is 47.0 Å². The molecule has 19 nitrogen and oxygen atoms in total. The Morgan fingerprint density at radius 1 is 0.849 bits per heavy atom. The summed E-state index contributed by atoms with van der Waals surface area (Å²) in [6.45, 7) is 6.11. The predicted molar refractivity (Wildman–Crippen MR) is 272 cm³/mol. The summed E-state index contributed by atoms with van der Waals surface area (Å²) in [5.41, 5.74) is 1.49. The van der Waals surface area contributed by atoms with E-state index in [0.29, 0.717) is 23.3 Å². The number of anilines is 1. The molecule has 0 spiro atoms. The van der Waals surface area contributed by atoms with E-state index >= 15 is 14.4 Å². The van der Waals surface area contributed by atoms with Crippen molar-refractivity contribution >= 4 is 64.6 Å². The minimum Gasteiger partial charge on any atom is -0.505 e. The highest BCUT2D eigenvalue weighted by atomic mass is 32.2. The summed E-state index contributed by atoms with van der Waals surface area (Å²) in [6.07, 6.45) is 2.40.